The van der Waals surface area contributed by atoms with Crippen LogP contribution in [0, 0.1) is 0 Å². The van der Waals surface area contributed by atoms with E-state index in [2.05, 4.69) is 17.0 Å². The second kappa shape index (κ2) is 10.0. The van der Waals surface area contributed by atoms with Gasteiger partial charge in [0.05, 0.1) is 17.2 Å². The monoisotopic (exact) mass is 329 g/mol. The Bertz CT molecular complexity index is 647. The van der Waals surface area contributed by atoms with Crippen LogP contribution in [0.3, 0.4) is 0 Å². The summed E-state index contributed by atoms with van der Waals surface area (Å²) in [4.78, 5) is 15.9. The Morgan fingerprint density at radius 1 is 1.13 bits per heavy atom. The molecule has 1 aromatic heterocycles. The molecule has 4 nitrogen and oxygen atoms in total. The van der Waals surface area contributed by atoms with Crippen LogP contribution in [0.4, 0.5) is 4.79 Å². The summed E-state index contributed by atoms with van der Waals surface area (Å²) >= 11 is 1.29. The lowest BCUT2D eigenvalue weighted by Gasteiger charge is -2.03. The van der Waals surface area contributed by atoms with Crippen molar-refractivity contribution < 1.29 is 4.79 Å². The van der Waals surface area contributed by atoms with Crippen molar-refractivity contribution in [2.75, 3.05) is 5.75 Å². The molecule has 0 saturated carbocycles. The summed E-state index contributed by atoms with van der Waals surface area (Å²) in [5.41, 5.74) is 0.979. The summed E-state index contributed by atoms with van der Waals surface area (Å²) < 4.78 is 1.75. The first-order valence-corrected chi connectivity index (χ1v) is 9.10. The number of nitrogens with zero attached hydrogens (tertiary/aromatic N) is 3. The van der Waals surface area contributed by atoms with Crippen molar-refractivity contribution in [1.82, 2.24) is 9.78 Å². The summed E-state index contributed by atoms with van der Waals surface area (Å²) in [6, 6.07) is 11.6. The summed E-state index contributed by atoms with van der Waals surface area (Å²) in [5, 5.41) is 4.75. The minimum absolute atomic E-state index is 0.139. The van der Waals surface area contributed by atoms with Crippen LogP contribution in [0.25, 0.3) is 5.69 Å². The second-order valence-electron chi connectivity index (χ2n) is 5.31. The lowest BCUT2D eigenvalue weighted by atomic mass is 10.2. The van der Waals surface area contributed by atoms with Gasteiger partial charge in [-0.25, -0.2) is 9.67 Å². The summed E-state index contributed by atoms with van der Waals surface area (Å²) in [6.07, 6.45) is 9.48. The number of hydrogen-bond acceptors (Lipinski definition) is 3. The van der Waals surface area contributed by atoms with Crippen molar-refractivity contribution in [3.05, 3.63) is 54.1 Å². The zero-order valence-electron chi connectivity index (χ0n) is 13.5. The Balaban J connectivity index is 1.84. The Hall–Kier alpha value is -1.88. The fourth-order valence-corrected chi connectivity index (χ4v) is 2.85. The van der Waals surface area contributed by atoms with E-state index in [9.17, 15) is 4.79 Å². The number of hydrogen-bond donors (Lipinski definition) is 0. The summed E-state index contributed by atoms with van der Waals surface area (Å²) in [5.74, 6) is 0.844. The molecule has 0 N–H and O–H groups in total. The quantitative estimate of drug-likeness (QED) is 0.698. The molecular formula is C18H23N3OS. The number of thioether (sulfide) groups is 1. The average molecular weight is 329 g/mol. The van der Waals surface area contributed by atoms with E-state index >= 15 is 0 Å². The number of carbonyl (C=O) groups is 1. The van der Waals surface area contributed by atoms with Gasteiger partial charge in [-0.2, -0.15) is 5.10 Å². The summed E-state index contributed by atoms with van der Waals surface area (Å²) in [7, 11) is 0. The Labute approximate surface area is 141 Å². The normalized spacial score (nSPS) is 11.6. The fraction of sp³-hybridized carbons (Fsp3) is 0.389. The lowest BCUT2D eigenvalue weighted by Crippen LogP contribution is -2.09. The van der Waals surface area contributed by atoms with Gasteiger partial charge in [0, 0.05) is 11.9 Å². The van der Waals surface area contributed by atoms with Gasteiger partial charge < -0.3 is 0 Å². The number of unbranched alkanes of at least 4 members (excludes halogenated alkanes) is 4. The number of carbonyl (C=O) groups excluding carboxylic acids is 1. The predicted molar refractivity (Wildman–Crippen MR) is 95.7 cm³/mol. The molecule has 23 heavy (non-hydrogen) atoms. The highest BCUT2D eigenvalue weighted by atomic mass is 32.2. The van der Waals surface area contributed by atoms with E-state index in [0.29, 0.717) is 5.36 Å². The van der Waals surface area contributed by atoms with E-state index in [4.69, 9.17) is 0 Å². The maximum atomic E-state index is 11.8. The van der Waals surface area contributed by atoms with Crippen molar-refractivity contribution in [1.29, 1.82) is 0 Å². The van der Waals surface area contributed by atoms with E-state index in [1.165, 1.54) is 37.4 Å². The third-order valence-electron chi connectivity index (χ3n) is 3.42. The maximum Gasteiger partial charge on any atom is 0.305 e. The van der Waals surface area contributed by atoms with Gasteiger partial charge in [0.25, 0.3) is 0 Å². The molecule has 2 aromatic rings. The van der Waals surface area contributed by atoms with Gasteiger partial charge in [0.1, 0.15) is 0 Å². The van der Waals surface area contributed by atoms with Crippen molar-refractivity contribution >= 4 is 17.0 Å². The lowest BCUT2D eigenvalue weighted by molar-refractivity contribution is 0.267. The molecule has 0 saturated heterocycles. The van der Waals surface area contributed by atoms with E-state index in [-0.39, 0.29) is 5.24 Å². The molecule has 0 aliphatic heterocycles. The molecule has 122 valence electrons. The molecule has 1 heterocycles. The van der Waals surface area contributed by atoms with E-state index < -0.39 is 0 Å². The fourth-order valence-electron chi connectivity index (χ4n) is 2.15. The van der Waals surface area contributed by atoms with Crippen molar-refractivity contribution in [2.45, 2.75) is 39.0 Å². The van der Waals surface area contributed by atoms with Gasteiger partial charge in [-0.15, -0.1) is 0 Å². The van der Waals surface area contributed by atoms with Crippen LogP contribution in [0.2, 0.25) is 0 Å². The molecule has 0 radical (unpaired) electrons. The third-order valence-corrected chi connectivity index (χ3v) is 4.25. The van der Waals surface area contributed by atoms with Gasteiger partial charge in [-0.05, 0) is 24.6 Å². The summed E-state index contributed by atoms with van der Waals surface area (Å²) in [6.45, 7) is 2.20. The molecule has 0 fully saturated rings. The van der Waals surface area contributed by atoms with Crippen LogP contribution in [0.15, 0.2) is 53.8 Å². The molecule has 0 aliphatic carbocycles. The van der Waals surface area contributed by atoms with Gasteiger partial charge in [0.2, 0.25) is 0 Å². The second-order valence-corrected chi connectivity index (χ2v) is 6.35. The highest BCUT2D eigenvalue weighted by Crippen LogP contribution is 2.10. The van der Waals surface area contributed by atoms with E-state index in [1.54, 1.807) is 16.9 Å². The highest BCUT2D eigenvalue weighted by Gasteiger charge is 2.00. The van der Waals surface area contributed by atoms with Crippen LogP contribution in [0.1, 0.15) is 39.0 Å². The minimum atomic E-state index is -0.139. The molecule has 1 amide bonds. The van der Waals surface area contributed by atoms with Crippen LogP contribution in [0.5, 0.6) is 0 Å². The van der Waals surface area contributed by atoms with Crippen molar-refractivity contribution in [3.63, 3.8) is 0 Å². The van der Waals surface area contributed by atoms with Gasteiger partial charge in [0.15, 0.2) is 0 Å². The van der Waals surface area contributed by atoms with Crippen molar-refractivity contribution in [3.8, 4) is 5.69 Å². The average Bonchev–Trinajstić information content (AvgIpc) is 2.59. The topological polar surface area (TPSA) is 47.2 Å². The van der Waals surface area contributed by atoms with Crippen LogP contribution >= 0.6 is 11.8 Å². The first-order valence-electron chi connectivity index (χ1n) is 8.11. The van der Waals surface area contributed by atoms with Gasteiger partial charge in [-0.1, -0.05) is 62.6 Å². The van der Waals surface area contributed by atoms with Gasteiger partial charge >= 0.3 is 5.24 Å². The van der Waals surface area contributed by atoms with Crippen LogP contribution in [-0.2, 0) is 0 Å². The zero-order chi connectivity index (χ0) is 16.3. The molecule has 1 aromatic carbocycles. The SMILES string of the molecule is CCCCCCCSC(=O)N=c1ccn(-c2ccccc2)nc1. The van der Waals surface area contributed by atoms with Crippen LogP contribution < -0.4 is 5.36 Å². The Kier molecular flexibility index (Phi) is 7.60. The first kappa shape index (κ1) is 17.5. The maximum absolute atomic E-state index is 11.8. The molecule has 0 aliphatic rings. The highest BCUT2D eigenvalue weighted by molar-refractivity contribution is 8.13. The van der Waals surface area contributed by atoms with Gasteiger partial charge in [-0.3, -0.25) is 4.79 Å². The standard InChI is InChI=1S/C18H23N3OS/c1-2-3-4-5-9-14-23-18(22)20-16-12-13-21(19-15-16)17-10-7-6-8-11-17/h6-8,10-13,15H,2-5,9,14H2,1H3. The van der Waals surface area contributed by atoms with Crippen LogP contribution in [-0.4, -0.2) is 20.8 Å². The zero-order valence-corrected chi connectivity index (χ0v) is 14.3. The molecule has 0 unspecified atom stereocenters. The number of benzene rings is 1. The molecule has 0 spiro atoms. The molecule has 2 rings (SSSR count). The third kappa shape index (κ3) is 6.40. The molecule has 0 bridgehead atoms. The predicted octanol–water partition coefficient (Wildman–Crippen LogP) is 4.60. The number of aromatic nitrogens is 2. The van der Waals surface area contributed by atoms with Crippen molar-refractivity contribution in [2.24, 2.45) is 4.99 Å². The number of amides is 1. The molecular weight excluding hydrogens is 306 g/mol. The first-order chi connectivity index (χ1) is 11.3. The number of para-hydroxylation sites is 1. The largest absolute Gasteiger partial charge is 0.305 e. The Morgan fingerprint density at radius 2 is 1.91 bits per heavy atom. The smallest absolute Gasteiger partial charge is 0.259 e. The Morgan fingerprint density at radius 3 is 2.61 bits per heavy atom. The van der Waals surface area contributed by atoms with E-state index in [1.807, 2.05) is 36.5 Å². The number of rotatable bonds is 7. The molecule has 5 heteroatoms. The minimum Gasteiger partial charge on any atom is -0.259 e. The van der Waals surface area contributed by atoms with E-state index in [0.717, 1.165) is 17.9 Å². The molecule has 0 atom stereocenters.